The molecule has 0 aromatic heterocycles. The van der Waals surface area contributed by atoms with Gasteiger partial charge in [0.15, 0.2) is 0 Å². The lowest BCUT2D eigenvalue weighted by molar-refractivity contribution is -0.118. The van der Waals surface area contributed by atoms with Gasteiger partial charge in [-0.1, -0.05) is 54.6 Å². The molecular formula is C22H29NO. The Kier molecular flexibility index (Phi) is 8.09. The van der Waals surface area contributed by atoms with Crippen LogP contribution in [0.5, 0.6) is 0 Å². The Labute approximate surface area is 146 Å². The maximum atomic E-state index is 11.2. The van der Waals surface area contributed by atoms with Crippen LogP contribution in [0.2, 0.25) is 0 Å². The monoisotopic (exact) mass is 323 g/mol. The summed E-state index contributed by atoms with van der Waals surface area (Å²) in [6.07, 6.45) is 7.64. The molecule has 2 aromatic carbocycles. The van der Waals surface area contributed by atoms with Gasteiger partial charge in [0, 0.05) is 13.1 Å². The van der Waals surface area contributed by atoms with E-state index in [1.165, 1.54) is 16.7 Å². The molecule has 0 spiro atoms. The zero-order chi connectivity index (χ0) is 17.0. The summed E-state index contributed by atoms with van der Waals surface area (Å²) in [6.45, 7) is 3.92. The molecule has 0 atom stereocenters. The summed E-state index contributed by atoms with van der Waals surface area (Å²) in [5, 5.41) is 0. The molecule has 0 fully saturated rings. The maximum Gasteiger partial charge on any atom is 0.209 e. The molecule has 2 aromatic rings. The Morgan fingerprint density at radius 3 is 2.08 bits per heavy atom. The van der Waals surface area contributed by atoms with Crippen molar-refractivity contribution in [3.8, 4) is 0 Å². The topological polar surface area (TPSA) is 20.3 Å². The van der Waals surface area contributed by atoms with Gasteiger partial charge < -0.3 is 4.90 Å². The van der Waals surface area contributed by atoms with Gasteiger partial charge in [-0.2, -0.15) is 0 Å². The van der Waals surface area contributed by atoms with Crippen LogP contribution >= 0.6 is 0 Å². The van der Waals surface area contributed by atoms with Crippen LogP contribution in [0.1, 0.15) is 42.4 Å². The van der Waals surface area contributed by atoms with Crippen LogP contribution in [0.15, 0.2) is 54.6 Å². The summed E-state index contributed by atoms with van der Waals surface area (Å²) >= 11 is 0. The third-order valence-corrected chi connectivity index (χ3v) is 4.56. The molecular weight excluding hydrogens is 294 g/mol. The van der Waals surface area contributed by atoms with Crippen molar-refractivity contribution >= 4 is 6.41 Å². The van der Waals surface area contributed by atoms with Gasteiger partial charge in [0.1, 0.15) is 0 Å². The number of amides is 1. The second kappa shape index (κ2) is 10.6. The molecule has 128 valence electrons. The van der Waals surface area contributed by atoms with Crippen LogP contribution in [-0.4, -0.2) is 24.4 Å². The van der Waals surface area contributed by atoms with Gasteiger partial charge in [0.05, 0.1) is 0 Å². The molecule has 0 bridgehead atoms. The number of rotatable bonds is 11. The van der Waals surface area contributed by atoms with Gasteiger partial charge in [-0.3, -0.25) is 4.79 Å². The molecule has 0 unspecified atom stereocenters. The van der Waals surface area contributed by atoms with Gasteiger partial charge in [-0.25, -0.2) is 0 Å². The smallest absolute Gasteiger partial charge is 0.209 e. The molecule has 0 aliphatic rings. The minimum atomic E-state index is 0.876. The van der Waals surface area contributed by atoms with E-state index in [0.29, 0.717) is 0 Å². The normalized spacial score (nSPS) is 10.5. The molecule has 24 heavy (non-hydrogen) atoms. The first-order valence-corrected chi connectivity index (χ1v) is 9.07. The van der Waals surface area contributed by atoms with Crippen molar-refractivity contribution in [3.63, 3.8) is 0 Å². The highest BCUT2D eigenvalue weighted by Gasteiger charge is 2.03. The van der Waals surface area contributed by atoms with E-state index in [2.05, 4.69) is 61.5 Å². The summed E-state index contributed by atoms with van der Waals surface area (Å²) in [5.74, 6) is 0. The summed E-state index contributed by atoms with van der Waals surface area (Å²) < 4.78 is 0. The number of hydrogen-bond donors (Lipinski definition) is 0. The van der Waals surface area contributed by atoms with Crippen molar-refractivity contribution in [3.05, 3.63) is 71.3 Å². The lowest BCUT2D eigenvalue weighted by atomic mass is 10.0. The SMILES string of the molecule is Cc1ccccc1CCCCN(C=O)CCCCc1ccccc1. The molecule has 0 N–H and O–H groups in total. The third-order valence-electron chi connectivity index (χ3n) is 4.56. The van der Waals surface area contributed by atoms with Gasteiger partial charge >= 0.3 is 0 Å². The Hall–Kier alpha value is -2.09. The fraction of sp³-hybridized carbons (Fsp3) is 0.409. The summed E-state index contributed by atoms with van der Waals surface area (Å²) in [7, 11) is 0. The van der Waals surface area contributed by atoms with E-state index >= 15 is 0 Å². The fourth-order valence-corrected chi connectivity index (χ4v) is 3.03. The van der Waals surface area contributed by atoms with E-state index in [4.69, 9.17) is 0 Å². The van der Waals surface area contributed by atoms with Crippen molar-refractivity contribution in [2.75, 3.05) is 13.1 Å². The number of benzene rings is 2. The molecule has 0 radical (unpaired) electrons. The first-order valence-electron chi connectivity index (χ1n) is 9.07. The second-order valence-corrected chi connectivity index (χ2v) is 6.47. The van der Waals surface area contributed by atoms with E-state index in [1.807, 2.05) is 4.90 Å². The molecule has 1 amide bonds. The van der Waals surface area contributed by atoms with E-state index in [0.717, 1.165) is 58.0 Å². The summed E-state index contributed by atoms with van der Waals surface area (Å²) in [5.41, 5.74) is 4.18. The molecule has 2 rings (SSSR count). The quantitative estimate of drug-likeness (QED) is 0.430. The van der Waals surface area contributed by atoms with Crippen LogP contribution in [-0.2, 0) is 17.6 Å². The van der Waals surface area contributed by atoms with E-state index < -0.39 is 0 Å². The van der Waals surface area contributed by atoms with Crippen molar-refractivity contribution in [2.45, 2.75) is 45.4 Å². The lowest BCUT2D eigenvalue weighted by Gasteiger charge is -2.17. The van der Waals surface area contributed by atoms with Gasteiger partial charge in [-0.15, -0.1) is 0 Å². The van der Waals surface area contributed by atoms with Crippen LogP contribution in [0.25, 0.3) is 0 Å². The largest absolute Gasteiger partial charge is 0.345 e. The van der Waals surface area contributed by atoms with Crippen LogP contribution in [0.3, 0.4) is 0 Å². The van der Waals surface area contributed by atoms with Gasteiger partial charge in [0.25, 0.3) is 0 Å². The van der Waals surface area contributed by atoms with Gasteiger partial charge in [0.2, 0.25) is 6.41 Å². The molecule has 0 heterocycles. The molecule has 2 heteroatoms. The Morgan fingerprint density at radius 2 is 1.42 bits per heavy atom. The Bertz CT molecular complexity index is 594. The van der Waals surface area contributed by atoms with Crippen molar-refractivity contribution in [2.24, 2.45) is 0 Å². The average molecular weight is 323 g/mol. The Balaban J connectivity index is 1.58. The zero-order valence-corrected chi connectivity index (χ0v) is 14.8. The van der Waals surface area contributed by atoms with Crippen LogP contribution in [0, 0.1) is 6.92 Å². The number of carbonyl (C=O) groups excluding carboxylic acids is 1. The number of hydrogen-bond acceptors (Lipinski definition) is 1. The fourth-order valence-electron chi connectivity index (χ4n) is 3.03. The van der Waals surface area contributed by atoms with E-state index in [-0.39, 0.29) is 0 Å². The summed E-state index contributed by atoms with van der Waals surface area (Å²) in [6, 6.07) is 19.1. The summed E-state index contributed by atoms with van der Waals surface area (Å²) in [4.78, 5) is 13.1. The third kappa shape index (κ3) is 6.57. The van der Waals surface area contributed by atoms with Crippen molar-refractivity contribution < 1.29 is 4.79 Å². The highest BCUT2D eigenvalue weighted by molar-refractivity contribution is 5.46. The van der Waals surface area contributed by atoms with Crippen molar-refractivity contribution in [1.82, 2.24) is 4.90 Å². The number of carbonyl (C=O) groups is 1. The lowest BCUT2D eigenvalue weighted by Crippen LogP contribution is -2.24. The second-order valence-electron chi connectivity index (χ2n) is 6.47. The van der Waals surface area contributed by atoms with E-state index in [9.17, 15) is 4.79 Å². The van der Waals surface area contributed by atoms with E-state index in [1.54, 1.807) is 0 Å². The highest BCUT2D eigenvalue weighted by Crippen LogP contribution is 2.11. The minimum Gasteiger partial charge on any atom is -0.345 e. The number of aryl methyl sites for hydroxylation is 3. The standard InChI is InChI=1S/C22H29NO/c1-20-11-5-6-15-22(20)16-8-10-18-23(19-24)17-9-7-14-21-12-3-2-4-13-21/h2-6,11-13,15,19H,7-10,14,16-18H2,1H3. The first kappa shape index (κ1) is 18.3. The molecule has 0 aliphatic heterocycles. The maximum absolute atomic E-state index is 11.2. The molecule has 0 aliphatic carbocycles. The van der Waals surface area contributed by atoms with Crippen LogP contribution in [0.4, 0.5) is 0 Å². The average Bonchev–Trinajstić information content (AvgIpc) is 2.62. The molecule has 0 saturated carbocycles. The molecule has 2 nitrogen and oxygen atoms in total. The number of nitrogens with zero attached hydrogens (tertiary/aromatic N) is 1. The zero-order valence-electron chi connectivity index (χ0n) is 14.8. The highest BCUT2D eigenvalue weighted by atomic mass is 16.1. The Morgan fingerprint density at radius 1 is 0.792 bits per heavy atom. The molecule has 0 saturated heterocycles. The predicted octanol–water partition coefficient (Wildman–Crippen LogP) is 4.80. The number of unbranched alkanes of at least 4 members (excludes halogenated alkanes) is 2. The minimum absolute atomic E-state index is 0.876. The van der Waals surface area contributed by atoms with Crippen molar-refractivity contribution in [1.29, 1.82) is 0 Å². The van der Waals surface area contributed by atoms with Crippen LogP contribution < -0.4 is 0 Å². The predicted molar refractivity (Wildman–Crippen MR) is 101 cm³/mol. The first-order chi connectivity index (χ1) is 11.8. The van der Waals surface area contributed by atoms with Gasteiger partial charge in [-0.05, 0) is 62.1 Å².